The Morgan fingerprint density at radius 1 is 1.82 bits per heavy atom. The first-order chi connectivity index (χ1) is 5.25. The lowest BCUT2D eigenvalue weighted by Gasteiger charge is -2.20. The van der Waals surface area contributed by atoms with Crippen molar-refractivity contribution in [2.75, 3.05) is 11.9 Å². The van der Waals surface area contributed by atoms with Gasteiger partial charge in [0.25, 0.3) is 0 Å². The van der Waals surface area contributed by atoms with Crippen LogP contribution in [0.4, 0.5) is 5.95 Å². The van der Waals surface area contributed by atoms with Gasteiger partial charge in [0, 0.05) is 12.7 Å². The van der Waals surface area contributed by atoms with E-state index < -0.39 is 0 Å². The molecular weight excluding hydrogens is 142 g/mol. The summed E-state index contributed by atoms with van der Waals surface area (Å²) in [5.74, 6) is 0.868. The molecular formula is C7H11N3O. The van der Waals surface area contributed by atoms with E-state index in [2.05, 4.69) is 10.3 Å². The Hall–Kier alpha value is -1.03. The van der Waals surface area contributed by atoms with E-state index in [1.165, 1.54) is 0 Å². The molecule has 1 aliphatic rings. The van der Waals surface area contributed by atoms with Crippen LogP contribution in [-0.2, 0) is 6.54 Å². The number of aromatic nitrogens is 2. The maximum atomic E-state index is 9.25. The van der Waals surface area contributed by atoms with Crippen LogP contribution in [0.3, 0.4) is 0 Å². The molecule has 2 N–H and O–H groups in total. The molecule has 1 aromatic rings. The van der Waals surface area contributed by atoms with Crippen molar-refractivity contribution in [2.24, 2.45) is 0 Å². The van der Waals surface area contributed by atoms with Gasteiger partial charge in [0.2, 0.25) is 5.95 Å². The molecule has 0 aromatic carbocycles. The molecule has 60 valence electrons. The van der Waals surface area contributed by atoms with Crippen molar-refractivity contribution < 1.29 is 5.11 Å². The third kappa shape index (κ3) is 1.09. The summed E-state index contributed by atoms with van der Waals surface area (Å²) in [6.45, 7) is 3.21. The largest absolute Gasteiger partial charge is 0.389 e. The topological polar surface area (TPSA) is 50.1 Å². The molecule has 0 spiro atoms. The average molecular weight is 153 g/mol. The van der Waals surface area contributed by atoms with Gasteiger partial charge in [-0.3, -0.25) is 0 Å². The highest BCUT2D eigenvalue weighted by Gasteiger charge is 2.15. The van der Waals surface area contributed by atoms with Crippen molar-refractivity contribution in [3.8, 4) is 0 Å². The SMILES string of the molecule is Cc1cn2c(n1)NCC(O)C2. The fourth-order valence-electron chi connectivity index (χ4n) is 1.33. The zero-order valence-corrected chi connectivity index (χ0v) is 6.41. The van der Waals surface area contributed by atoms with Crippen LogP contribution in [0.5, 0.6) is 0 Å². The number of aryl methyl sites for hydroxylation is 1. The molecule has 1 aromatic heterocycles. The minimum atomic E-state index is -0.281. The molecule has 0 aliphatic carbocycles. The van der Waals surface area contributed by atoms with Crippen LogP contribution in [0.15, 0.2) is 6.20 Å². The number of aliphatic hydroxyl groups is 1. The molecule has 0 radical (unpaired) electrons. The van der Waals surface area contributed by atoms with Crippen LogP contribution >= 0.6 is 0 Å². The zero-order valence-electron chi connectivity index (χ0n) is 6.41. The summed E-state index contributed by atoms with van der Waals surface area (Å²) in [6, 6.07) is 0. The Kier molecular flexibility index (Phi) is 1.35. The Labute approximate surface area is 64.9 Å². The van der Waals surface area contributed by atoms with E-state index in [4.69, 9.17) is 0 Å². The Bertz CT molecular complexity index is 269. The maximum absolute atomic E-state index is 9.25. The van der Waals surface area contributed by atoms with Gasteiger partial charge in [0.1, 0.15) is 0 Å². The molecule has 0 fully saturated rings. The number of anilines is 1. The predicted octanol–water partition coefficient (Wildman–Crippen LogP) is -0.0221. The third-order valence-corrected chi connectivity index (χ3v) is 1.80. The van der Waals surface area contributed by atoms with Crippen LogP contribution in [0.2, 0.25) is 0 Å². The lowest BCUT2D eigenvalue weighted by atomic mass is 10.3. The summed E-state index contributed by atoms with van der Waals surface area (Å²) < 4.78 is 1.93. The molecule has 1 aliphatic heterocycles. The van der Waals surface area contributed by atoms with E-state index >= 15 is 0 Å². The number of aliphatic hydroxyl groups excluding tert-OH is 1. The Morgan fingerprint density at radius 2 is 2.64 bits per heavy atom. The number of nitrogens with zero attached hydrogens (tertiary/aromatic N) is 2. The highest BCUT2D eigenvalue weighted by atomic mass is 16.3. The number of imidazole rings is 1. The highest BCUT2D eigenvalue weighted by molar-refractivity contribution is 5.30. The van der Waals surface area contributed by atoms with Crippen LogP contribution in [0.25, 0.3) is 0 Å². The van der Waals surface area contributed by atoms with Crippen LogP contribution in [-0.4, -0.2) is 27.3 Å². The third-order valence-electron chi connectivity index (χ3n) is 1.80. The van der Waals surface area contributed by atoms with Crippen LogP contribution in [0, 0.1) is 6.92 Å². The Morgan fingerprint density at radius 3 is 3.45 bits per heavy atom. The molecule has 4 nitrogen and oxygen atoms in total. The molecule has 0 saturated heterocycles. The number of nitrogens with one attached hydrogen (secondary N) is 1. The van der Waals surface area contributed by atoms with Gasteiger partial charge < -0.3 is 15.0 Å². The lowest BCUT2D eigenvalue weighted by molar-refractivity contribution is 0.160. The lowest BCUT2D eigenvalue weighted by Crippen LogP contribution is -2.31. The Balaban J connectivity index is 2.34. The van der Waals surface area contributed by atoms with E-state index in [1.54, 1.807) is 0 Å². The van der Waals surface area contributed by atoms with Gasteiger partial charge in [-0.25, -0.2) is 4.98 Å². The smallest absolute Gasteiger partial charge is 0.203 e. The van der Waals surface area contributed by atoms with Crippen LogP contribution < -0.4 is 5.32 Å². The fourth-order valence-corrected chi connectivity index (χ4v) is 1.33. The molecule has 4 heteroatoms. The monoisotopic (exact) mass is 153 g/mol. The summed E-state index contributed by atoms with van der Waals surface area (Å²) in [6.07, 6.45) is 1.65. The van der Waals surface area contributed by atoms with Crippen molar-refractivity contribution in [2.45, 2.75) is 19.6 Å². The van der Waals surface area contributed by atoms with Crippen LogP contribution in [0.1, 0.15) is 5.69 Å². The van der Waals surface area contributed by atoms with E-state index in [9.17, 15) is 5.11 Å². The summed E-state index contributed by atoms with van der Waals surface area (Å²) in [7, 11) is 0. The molecule has 0 bridgehead atoms. The van der Waals surface area contributed by atoms with Gasteiger partial charge in [-0.05, 0) is 6.92 Å². The average Bonchev–Trinajstić information content (AvgIpc) is 2.27. The molecule has 0 amide bonds. The van der Waals surface area contributed by atoms with Gasteiger partial charge in [-0.1, -0.05) is 0 Å². The van der Waals surface area contributed by atoms with Crippen molar-refractivity contribution in [1.29, 1.82) is 0 Å². The standard InChI is InChI=1S/C7H11N3O/c1-5-3-10-4-6(11)2-8-7(10)9-5/h3,6,11H,2,4H2,1H3,(H,8,9). The van der Waals surface area contributed by atoms with Gasteiger partial charge in [-0.2, -0.15) is 0 Å². The number of β-amino-alcohol motifs (C(OH)–C–C–N with tert-alkyl or cyclic N) is 1. The van der Waals surface area contributed by atoms with Crippen molar-refractivity contribution >= 4 is 5.95 Å². The second-order valence-electron chi connectivity index (χ2n) is 2.89. The highest BCUT2D eigenvalue weighted by Crippen LogP contribution is 2.13. The molecule has 2 heterocycles. The first-order valence-electron chi connectivity index (χ1n) is 3.71. The van der Waals surface area contributed by atoms with Crippen molar-refractivity contribution in [3.63, 3.8) is 0 Å². The molecule has 2 rings (SSSR count). The molecule has 1 unspecified atom stereocenters. The fraction of sp³-hybridized carbons (Fsp3) is 0.571. The van der Waals surface area contributed by atoms with E-state index in [0.717, 1.165) is 11.6 Å². The summed E-state index contributed by atoms with van der Waals surface area (Å²) in [4.78, 5) is 4.23. The van der Waals surface area contributed by atoms with Crippen molar-refractivity contribution in [1.82, 2.24) is 9.55 Å². The summed E-state index contributed by atoms with van der Waals surface area (Å²) >= 11 is 0. The minimum Gasteiger partial charge on any atom is -0.389 e. The first-order valence-corrected chi connectivity index (χ1v) is 3.71. The van der Waals surface area contributed by atoms with Gasteiger partial charge >= 0.3 is 0 Å². The maximum Gasteiger partial charge on any atom is 0.203 e. The van der Waals surface area contributed by atoms with E-state index in [-0.39, 0.29) is 6.10 Å². The summed E-state index contributed by atoms with van der Waals surface area (Å²) in [5, 5.41) is 12.3. The van der Waals surface area contributed by atoms with E-state index in [0.29, 0.717) is 13.1 Å². The van der Waals surface area contributed by atoms with Gasteiger partial charge in [0.05, 0.1) is 18.3 Å². The molecule has 1 atom stereocenters. The normalized spacial score (nSPS) is 22.5. The van der Waals surface area contributed by atoms with Crippen molar-refractivity contribution in [3.05, 3.63) is 11.9 Å². The second kappa shape index (κ2) is 2.23. The first kappa shape index (κ1) is 6.67. The number of fused-ring (bicyclic) bond motifs is 1. The van der Waals surface area contributed by atoms with Gasteiger partial charge in [-0.15, -0.1) is 0 Å². The second-order valence-corrected chi connectivity index (χ2v) is 2.89. The summed E-state index contributed by atoms with van der Waals surface area (Å²) in [5.41, 5.74) is 0.988. The number of hydrogen-bond donors (Lipinski definition) is 2. The quantitative estimate of drug-likeness (QED) is 0.550. The number of hydrogen-bond acceptors (Lipinski definition) is 3. The molecule has 11 heavy (non-hydrogen) atoms. The number of rotatable bonds is 0. The van der Waals surface area contributed by atoms with E-state index in [1.807, 2.05) is 17.7 Å². The molecule has 0 saturated carbocycles. The minimum absolute atomic E-state index is 0.281. The zero-order chi connectivity index (χ0) is 7.84. The van der Waals surface area contributed by atoms with Gasteiger partial charge in [0.15, 0.2) is 0 Å². The predicted molar refractivity (Wildman–Crippen MR) is 41.5 cm³/mol.